The third-order valence-electron chi connectivity index (χ3n) is 8.67. The van der Waals surface area contributed by atoms with Crippen molar-refractivity contribution in [2.24, 2.45) is 0 Å². The zero-order valence-electron chi connectivity index (χ0n) is 26.9. The first-order valence-electron chi connectivity index (χ1n) is 16.1. The third-order valence-corrected chi connectivity index (χ3v) is 11.0. The first kappa shape index (κ1) is 34.4. The molecule has 1 fully saturated rings. The van der Waals surface area contributed by atoms with Gasteiger partial charge in [-0.05, 0) is 79.8 Å². The second-order valence-electron chi connectivity index (χ2n) is 12.4. The molecule has 47 heavy (non-hydrogen) atoms. The van der Waals surface area contributed by atoms with Crippen molar-refractivity contribution in [1.29, 1.82) is 0 Å². The highest BCUT2D eigenvalue weighted by molar-refractivity contribution is 9.10. The third kappa shape index (κ3) is 9.11. The molecule has 1 saturated carbocycles. The first-order chi connectivity index (χ1) is 22.6. The Morgan fingerprint density at radius 2 is 1.49 bits per heavy atom. The highest BCUT2D eigenvalue weighted by atomic mass is 79.9. The number of carbonyl (C=O) groups excluding carboxylic acids is 2. The fourth-order valence-electron chi connectivity index (χ4n) is 6.03. The summed E-state index contributed by atoms with van der Waals surface area (Å²) in [5.74, 6) is -0.695. The second-order valence-corrected chi connectivity index (χ2v) is 15.1. The second kappa shape index (κ2) is 15.8. The Labute approximate surface area is 287 Å². The minimum atomic E-state index is -4.14. The van der Waals surface area contributed by atoms with Crippen LogP contribution in [-0.4, -0.2) is 43.8 Å². The molecule has 0 aliphatic heterocycles. The number of amides is 2. The molecule has 4 aromatic carbocycles. The Kier molecular flexibility index (Phi) is 11.5. The van der Waals surface area contributed by atoms with E-state index in [0.29, 0.717) is 5.69 Å². The predicted octanol–water partition coefficient (Wildman–Crippen LogP) is 7.35. The van der Waals surface area contributed by atoms with Crippen molar-refractivity contribution in [1.82, 2.24) is 10.2 Å². The summed E-state index contributed by atoms with van der Waals surface area (Å²) in [6, 6.07) is 30.2. The number of halogens is 1. The molecule has 1 aliphatic carbocycles. The number of sulfonamides is 1. The van der Waals surface area contributed by atoms with Crippen LogP contribution in [0.3, 0.4) is 0 Å². The van der Waals surface area contributed by atoms with Gasteiger partial charge in [-0.2, -0.15) is 0 Å². The van der Waals surface area contributed by atoms with Gasteiger partial charge in [-0.1, -0.05) is 107 Å². The van der Waals surface area contributed by atoms with Crippen LogP contribution < -0.4 is 9.62 Å². The van der Waals surface area contributed by atoms with Gasteiger partial charge in [0.2, 0.25) is 11.8 Å². The topological polar surface area (TPSA) is 86.8 Å². The van der Waals surface area contributed by atoms with Gasteiger partial charge in [0.25, 0.3) is 10.0 Å². The molecule has 0 unspecified atom stereocenters. The summed E-state index contributed by atoms with van der Waals surface area (Å²) in [5.41, 5.74) is 3.91. The van der Waals surface area contributed by atoms with Crippen LogP contribution in [0, 0.1) is 13.8 Å². The predicted molar refractivity (Wildman–Crippen MR) is 191 cm³/mol. The van der Waals surface area contributed by atoms with E-state index >= 15 is 0 Å². The van der Waals surface area contributed by atoms with E-state index in [-0.39, 0.29) is 29.8 Å². The van der Waals surface area contributed by atoms with Crippen molar-refractivity contribution in [3.05, 3.63) is 130 Å². The van der Waals surface area contributed by atoms with Gasteiger partial charge in [-0.3, -0.25) is 13.9 Å². The number of nitrogens with one attached hydrogen (secondary N) is 1. The Balaban J connectivity index is 1.56. The van der Waals surface area contributed by atoms with Crippen LogP contribution in [0.5, 0.6) is 0 Å². The van der Waals surface area contributed by atoms with Crippen LogP contribution in [0.15, 0.2) is 112 Å². The summed E-state index contributed by atoms with van der Waals surface area (Å²) in [6.45, 7) is 3.43. The number of hydrogen-bond acceptors (Lipinski definition) is 4. The smallest absolute Gasteiger partial charge is 0.264 e. The van der Waals surface area contributed by atoms with E-state index < -0.39 is 28.5 Å². The number of hydrogen-bond donors (Lipinski definition) is 1. The zero-order chi connectivity index (χ0) is 33.4. The van der Waals surface area contributed by atoms with E-state index in [9.17, 15) is 18.0 Å². The Hall–Kier alpha value is -3.95. The molecular weight excluding hydrogens is 674 g/mol. The average Bonchev–Trinajstić information content (AvgIpc) is 3.07. The highest BCUT2D eigenvalue weighted by Crippen LogP contribution is 2.27. The van der Waals surface area contributed by atoms with Crippen LogP contribution in [0.2, 0.25) is 0 Å². The fourth-order valence-corrected chi connectivity index (χ4v) is 7.70. The van der Waals surface area contributed by atoms with E-state index in [4.69, 9.17) is 0 Å². The number of anilines is 1. The summed E-state index contributed by atoms with van der Waals surface area (Å²) in [7, 11) is -4.14. The molecule has 1 N–H and O–H groups in total. The summed E-state index contributed by atoms with van der Waals surface area (Å²) in [6.07, 6.45) is 5.35. The minimum absolute atomic E-state index is 0.0462. The number of aryl methyl sites for hydroxylation is 2. The molecule has 0 heterocycles. The maximum atomic E-state index is 14.7. The van der Waals surface area contributed by atoms with E-state index in [1.165, 1.54) is 4.31 Å². The normalized spacial score (nSPS) is 14.3. The molecule has 246 valence electrons. The van der Waals surface area contributed by atoms with E-state index in [0.717, 1.165) is 58.8 Å². The number of nitrogens with zero attached hydrogens (tertiary/aromatic N) is 2. The molecule has 0 radical (unpaired) electrons. The molecule has 4 aromatic rings. The molecule has 0 spiro atoms. The van der Waals surface area contributed by atoms with Crippen LogP contribution in [0.1, 0.15) is 54.4 Å². The Morgan fingerprint density at radius 1 is 0.809 bits per heavy atom. The number of benzene rings is 4. The van der Waals surface area contributed by atoms with Crippen molar-refractivity contribution >= 4 is 43.5 Å². The monoisotopic (exact) mass is 715 g/mol. The van der Waals surface area contributed by atoms with Crippen molar-refractivity contribution in [3.8, 4) is 0 Å². The zero-order valence-corrected chi connectivity index (χ0v) is 29.3. The van der Waals surface area contributed by atoms with Gasteiger partial charge in [0, 0.05) is 23.5 Å². The highest BCUT2D eigenvalue weighted by Gasteiger charge is 2.35. The molecule has 5 rings (SSSR count). The molecule has 7 nitrogen and oxygen atoms in total. The summed E-state index contributed by atoms with van der Waals surface area (Å²) in [4.78, 5) is 30.5. The number of rotatable bonds is 12. The minimum Gasteiger partial charge on any atom is -0.352 e. The van der Waals surface area contributed by atoms with Gasteiger partial charge in [0.05, 0.1) is 10.6 Å². The van der Waals surface area contributed by atoms with Gasteiger partial charge in [-0.15, -0.1) is 0 Å². The van der Waals surface area contributed by atoms with Gasteiger partial charge in [0.1, 0.15) is 12.6 Å². The molecule has 1 aliphatic rings. The molecule has 1 atom stereocenters. The van der Waals surface area contributed by atoms with Crippen molar-refractivity contribution in [2.75, 3.05) is 10.8 Å². The maximum Gasteiger partial charge on any atom is 0.264 e. The molecule has 0 aromatic heterocycles. The summed E-state index contributed by atoms with van der Waals surface area (Å²) >= 11 is 3.49. The summed E-state index contributed by atoms with van der Waals surface area (Å²) in [5, 5.41) is 3.25. The number of carbonyl (C=O) groups is 2. The lowest BCUT2D eigenvalue weighted by Crippen LogP contribution is -2.55. The van der Waals surface area contributed by atoms with Gasteiger partial charge in [0.15, 0.2) is 0 Å². The van der Waals surface area contributed by atoms with Crippen molar-refractivity contribution < 1.29 is 18.0 Å². The van der Waals surface area contributed by atoms with Crippen molar-refractivity contribution in [3.63, 3.8) is 0 Å². The Morgan fingerprint density at radius 3 is 2.15 bits per heavy atom. The van der Waals surface area contributed by atoms with Gasteiger partial charge >= 0.3 is 0 Å². The molecule has 0 bridgehead atoms. The van der Waals surface area contributed by atoms with E-state index in [2.05, 4.69) is 21.2 Å². The van der Waals surface area contributed by atoms with Crippen molar-refractivity contribution in [2.45, 2.75) is 75.9 Å². The Bertz CT molecular complexity index is 1760. The molecule has 0 saturated heterocycles. The lowest BCUT2D eigenvalue weighted by molar-refractivity contribution is -0.140. The van der Waals surface area contributed by atoms with Crippen LogP contribution in [0.4, 0.5) is 5.69 Å². The molecule has 9 heteroatoms. The SMILES string of the molecule is Cc1ccc(S(=O)(=O)N(CC(=O)N(Cc2ccc(Br)cc2)[C@H](Cc2ccccc2)C(=O)NC2CCCCC2)c2cccc(C)c2)cc1. The van der Waals surface area contributed by atoms with E-state index in [1.807, 2.05) is 74.5 Å². The van der Waals surface area contributed by atoms with Gasteiger partial charge < -0.3 is 10.2 Å². The molecular formula is C38H42BrN3O4S. The lowest BCUT2D eigenvalue weighted by atomic mass is 9.94. The molecule has 2 amide bonds. The first-order valence-corrected chi connectivity index (χ1v) is 18.4. The quantitative estimate of drug-likeness (QED) is 0.166. The average molecular weight is 717 g/mol. The fraction of sp³-hybridized carbons (Fsp3) is 0.316. The van der Waals surface area contributed by atoms with Crippen LogP contribution in [-0.2, 0) is 32.6 Å². The van der Waals surface area contributed by atoms with Crippen LogP contribution in [0.25, 0.3) is 0 Å². The van der Waals surface area contributed by atoms with Crippen LogP contribution >= 0.6 is 15.9 Å². The lowest BCUT2D eigenvalue weighted by Gasteiger charge is -2.35. The van der Waals surface area contributed by atoms with E-state index in [1.54, 1.807) is 47.4 Å². The maximum absolute atomic E-state index is 14.7. The largest absolute Gasteiger partial charge is 0.352 e. The summed E-state index contributed by atoms with van der Waals surface area (Å²) < 4.78 is 30.5. The standard InChI is InChI=1S/C38H42BrN3O4S/c1-28-16-22-35(23-17-28)47(45,46)42(34-15-9-10-29(2)24-34)27-37(43)41(26-31-18-20-32(39)21-19-31)36(25-30-11-5-3-6-12-30)38(44)40-33-13-7-4-8-14-33/h3,5-6,9-12,15-24,33,36H,4,7-8,13-14,25-27H2,1-2H3,(H,40,44)/t36-/m1/s1. The van der Waals surface area contributed by atoms with Gasteiger partial charge in [-0.25, -0.2) is 8.42 Å².